The third-order valence-electron chi connectivity index (χ3n) is 4.33. The number of ether oxygens (including phenoxy) is 1. The van der Waals surface area contributed by atoms with Crippen molar-refractivity contribution < 1.29 is 4.74 Å². The molecule has 0 aliphatic heterocycles. The van der Waals surface area contributed by atoms with E-state index in [-0.39, 0.29) is 5.41 Å². The molecule has 3 heteroatoms. The van der Waals surface area contributed by atoms with E-state index in [2.05, 4.69) is 46.0 Å². The highest BCUT2D eigenvalue weighted by molar-refractivity contribution is 6.30. The van der Waals surface area contributed by atoms with Gasteiger partial charge in [-0.2, -0.15) is 0 Å². The zero-order valence-corrected chi connectivity index (χ0v) is 13.9. The maximum atomic E-state index is 6.01. The van der Waals surface area contributed by atoms with Crippen LogP contribution in [-0.4, -0.2) is 18.8 Å². The molecule has 0 radical (unpaired) electrons. The zero-order valence-electron chi connectivity index (χ0n) is 13.2. The summed E-state index contributed by atoms with van der Waals surface area (Å²) in [5.74, 6) is 0.594. The Kier molecular flexibility index (Phi) is 4.66. The summed E-state index contributed by atoms with van der Waals surface area (Å²) in [4.78, 5) is 0. The summed E-state index contributed by atoms with van der Waals surface area (Å²) in [6.07, 6.45) is 1.43. The minimum absolute atomic E-state index is 0.168. The summed E-state index contributed by atoms with van der Waals surface area (Å²) in [7, 11) is 0. The molecule has 0 spiro atoms. The first-order valence-corrected chi connectivity index (χ1v) is 7.82. The molecule has 20 heavy (non-hydrogen) atoms. The highest BCUT2D eigenvalue weighted by Gasteiger charge is 2.49. The van der Waals surface area contributed by atoms with Gasteiger partial charge in [0.2, 0.25) is 0 Å². The fourth-order valence-electron chi connectivity index (χ4n) is 2.70. The van der Waals surface area contributed by atoms with Crippen LogP contribution >= 0.6 is 11.6 Å². The third kappa shape index (κ3) is 3.29. The maximum Gasteiger partial charge on any atom is 0.0665 e. The molecule has 0 saturated heterocycles. The van der Waals surface area contributed by atoms with E-state index in [9.17, 15) is 0 Å². The fraction of sp³-hybridized carbons (Fsp3) is 0.647. The molecule has 1 aliphatic rings. The average Bonchev–Trinajstić information content (AvgIpc) is 2.34. The summed E-state index contributed by atoms with van der Waals surface area (Å²) >= 11 is 6.00. The van der Waals surface area contributed by atoms with E-state index in [0.717, 1.165) is 18.1 Å². The van der Waals surface area contributed by atoms with Gasteiger partial charge in [0.1, 0.15) is 0 Å². The van der Waals surface area contributed by atoms with Crippen molar-refractivity contribution in [1.29, 1.82) is 0 Å². The van der Waals surface area contributed by atoms with Gasteiger partial charge in [-0.1, -0.05) is 39.3 Å². The Labute approximate surface area is 127 Å². The van der Waals surface area contributed by atoms with Crippen molar-refractivity contribution in [2.24, 2.45) is 11.3 Å². The molecule has 0 amide bonds. The van der Waals surface area contributed by atoms with Crippen LogP contribution in [0.1, 0.15) is 39.7 Å². The van der Waals surface area contributed by atoms with Crippen LogP contribution in [0.2, 0.25) is 5.02 Å². The smallest absolute Gasteiger partial charge is 0.0665 e. The van der Waals surface area contributed by atoms with E-state index < -0.39 is 0 Å². The standard InChI is InChI=1S/C17H26ClNO/c1-11(2)10-20-16-9-15(17(16,4)5)19-14-7-6-13(18)8-12(14)3/h6-8,11,15-16,19H,9-10H2,1-5H3. The highest BCUT2D eigenvalue weighted by Crippen LogP contribution is 2.44. The lowest BCUT2D eigenvalue weighted by Crippen LogP contribution is -2.58. The summed E-state index contributed by atoms with van der Waals surface area (Å²) in [5, 5.41) is 4.43. The second-order valence-electron chi connectivity index (χ2n) is 6.93. The molecule has 2 nitrogen and oxygen atoms in total. The summed E-state index contributed by atoms with van der Waals surface area (Å²) in [6, 6.07) is 6.47. The van der Waals surface area contributed by atoms with Crippen molar-refractivity contribution in [3.05, 3.63) is 28.8 Å². The van der Waals surface area contributed by atoms with Crippen LogP contribution in [0.5, 0.6) is 0 Å². The Bertz CT molecular complexity index is 470. The van der Waals surface area contributed by atoms with Crippen molar-refractivity contribution in [1.82, 2.24) is 0 Å². The number of anilines is 1. The van der Waals surface area contributed by atoms with Gasteiger partial charge in [-0.15, -0.1) is 0 Å². The number of rotatable bonds is 5. The Balaban J connectivity index is 1.95. The number of benzene rings is 1. The molecule has 0 heterocycles. The molecule has 0 bridgehead atoms. The lowest BCUT2D eigenvalue weighted by Gasteiger charge is -2.52. The molecular formula is C17H26ClNO. The molecule has 2 rings (SSSR count). The first-order valence-electron chi connectivity index (χ1n) is 7.45. The normalized spacial score (nSPS) is 24.6. The molecule has 1 aromatic carbocycles. The van der Waals surface area contributed by atoms with Crippen LogP contribution in [0.25, 0.3) is 0 Å². The van der Waals surface area contributed by atoms with E-state index in [1.54, 1.807) is 0 Å². The van der Waals surface area contributed by atoms with E-state index in [1.807, 2.05) is 12.1 Å². The number of hydrogen-bond donors (Lipinski definition) is 1. The molecule has 1 saturated carbocycles. The molecule has 1 N–H and O–H groups in total. The van der Waals surface area contributed by atoms with Crippen molar-refractivity contribution in [3.8, 4) is 0 Å². The van der Waals surface area contributed by atoms with Gasteiger partial charge in [0.15, 0.2) is 0 Å². The molecule has 2 unspecified atom stereocenters. The topological polar surface area (TPSA) is 21.3 Å². The van der Waals surface area contributed by atoms with Crippen LogP contribution in [-0.2, 0) is 4.74 Å². The lowest BCUT2D eigenvalue weighted by molar-refractivity contribution is -0.108. The van der Waals surface area contributed by atoms with Crippen molar-refractivity contribution in [3.63, 3.8) is 0 Å². The quantitative estimate of drug-likeness (QED) is 0.834. The molecule has 0 aromatic heterocycles. The van der Waals surface area contributed by atoms with Crippen LogP contribution in [0, 0.1) is 18.3 Å². The van der Waals surface area contributed by atoms with Crippen molar-refractivity contribution >= 4 is 17.3 Å². The molecule has 112 valence electrons. The van der Waals surface area contributed by atoms with Crippen LogP contribution < -0.4 is 5.32 Å². The monoisotopic (exact) mass is 295 g/mol. The molecule has 1 aromatic rings. The van der Waals surface area contributed by atoms with Gasteiger partial charge in [0, 0.05) is 28.8 Å². The van der Waals surface area contributed by atoms with Gasteiger partial charge in [-0.05, 0) is 43.0 Å². The average molecular weight is 296 g/mol. The Morgan fingerprint density at radius 2 is 2.10 bits per heavy atom. The van der Waals surface area contributed by atoms with Crippen molar-refractivity contribution in [2.45, 2.75) is 53.2 Å². The van der Waals surface area contributed by atoms with Crippen LogP contribution in [0.15, 0.2) is 18.2 Å². The second-order valence-corrected chi connectivity index (χ2v) is 7.37. The minimum atomic E-state index is 0.168. The Hall–Kier alpha value is -0.730. The van der Waals surface area contributed by atoms with Gasteiger partial charge in [-0.25, -0.2) is 0 Å². The van der Waals surface area contributed by atoms with Gasteiger partial charge in [0.25, 0.3) is 0 Å². The van der Waals surface area contributed by atoms with E-state index in [0.29, 0.717) is 18.1 Å². The highest BCUT2D eigenvalue weighted by atomic mass is 35.5. The van der Waals surface area contributed by atoms with Gasteiger partial charge in [0.05, 0.1) is 6.10 Å². The van der Waals surface area contributed by atoms with E-state index >= 15 is 0 Å². The molecule has 1 fully saturated rings. The van der Waals surface area contributed by atoms with E-state index in [4.69, 9.17) is 16.3 Å². The van der Waals surface area contributed by atoms with Gasteiger partial charge in [-0.3, -0.25) is 0 Å². The number of hydrogen-bond acceptors (Lipinski definition) is 2. The van der Waals surface area contributed by atoms with Crippen LogP contribution in [0.3, 0.4) is 0 Å². The SMILES string of the molecule is Cc1cc(Cl)ccc1NC1CC(OCC(C)C)C1(C)C. The van der Waals surface area contributed by atoms with Gasteiger partial charge >= 0.3 is 0 Å². The maximum absolute atomic E-state index is 6.01. The number of halogens is 1. The fourth-order valence-corrected chi connectivity index (χ4v) is 2.93. The molecule has 2 atom stereocenters. The predicted octanol–water partition coefficient (Wildman–Crippen LogP) is 4.90. The largest absolute Gasteiger partial charge is 0.381 e. The van der Waals surface area contributed by atoms with Gasteiger partial charge < -0.3 is 10.1 Å². The first kappa shape index (κ1) is 15.7. The third-order valence-corrected chi connectivity index (χ3v) is 4.56. The van der Waals surface area contributed by atoms with Crippen LogP contribution in [0.4, 0.5) is 5.69 Å². The summed E-state index contributed by atoms with van der Waals surface area (Å²) in [5.41, 5.74) is 2.54. The van der Waals surface area contributed by atoms with E-state index in [1.165, 1.54) is 11.3 Å². The zero-order chi connectivity index (χ0) is 14.9. The first-order chi connectivity index (χ1) is 9.30. The second kappa shape index (κ2) is 5.95. The molecular weight excluding hydrogens is 270 g/mol. The summed E-state index contributed by atoms with van der Waals surface area (Å²) < 4.78 is 6.01. The Morgan fingerprint density at radius 3 is 2.65 bits per heavy atom. The number of aryl methyl sites for hydroxylation is 1. The lowest BCUT2D eigenvalue weighted by atomic mass is 9.64. The Morgan fingerprint density at radius 1 is 1.40 bits per heavy atom. The predicted molar refractivity (Wildman–Crippen MR) is 86.6 cm³/mol. The number of nitrogens with one attached hydrogen (secondary N) is 1. The minimum Gasteiger partial charge on any atom is -0.381 e. The summed E-state index contributed by atoms with van der Waals surface area (Å²) in [6.45, 7) is 11.9. The van der Waals surface area contributed by atoms with Crippen molar-refractivity contribution in [2.75, 3.05) is 11.9 Å². The molecule has 1 aliphatic carbocycles.